The number of likely N-dealkylation sites (tertiary alicyclic amines) is 1. The van der Waals surface area contributed by atoms with Gasteiger partial charge in [0.1, 0.15) is 22.7 Å². The zero-order valence-electron chi connectivity index (χ0n) is 23.7. The van der Waals surface area contributed by atoms with Crippen LogP contribution in [-0.2, 0) is 16.0 Å². The van der Waals surface area contributed by atoms with Crippen LogP contribution in [0.2, 0.25) is 0 Å². The number of amides is 2. The molecule has 41 heavy (non-hydrogen) atoms. The van der Waals surface area contributed by atoms with Gasteiger partial charge in [0.2, 0.25) is 5.91 Å². The molecule has 0 saturated carbocycles. The molecule has 3 fully saturated rings. The third kappa shape index (κ3) is 4.77. The maximum atomic E-state index is 13.6. The molecule has 1 unspecified atom stereocenters. The molecule has 2 amide bonds. The van der Waals surface area contributed by atoms with Crippen LogP contribution in [-0.4, -0.2) is 59.5 Å². The van der Waals surface area contributed by atoms with Crippen LogP contribution < -0.4 is 15.1 Å². The lowest BCUT2D eigenvalue weighted by Gasteiger charge is -2.52. The maximum absolute atomic E-state index is 13.6. The first-order valence-electron chi connectivity index (χ1n) is 14.8. The Kier molecular flexibility index (Phi) is 6.32. The largest absolute Gasteiger partial charge is 0.487 e. The fourth-order valence-corrected chi connectivity index (χ4v) is 7.45. The van der Waals surface area contributed by atoms with Gasteiger partial charge in [-0.05, 0) is 63.4 Å². The van der Waals surface area contributed by atoms with Crippen LogP contribution in [0.15, 0.2) is 51.7 Å². The predicted octanol–water partition coefficient (Wildman–Crippen LogP) is 4.80. The van der Waals surface area contributed by atoms with Gasteiger partial charge in [0, 0.05) is 55.4 Å². The van der Waals surface area contributed by atoms with Gasteiger partial charge in [0.15, 0.2) is 6.61 Å². The number of rotatable bonds is 4. The van der Waals surface area contributed by atoms with Crippen molar-refractivity contribution in [2.45, 2.75) is 64.0 Å². The number of carbonyl (C=O) groups excluding carboxylic acids is 2. The fraction of sp³-hybridized carbons (Fsp3) is 0.485. The summed E-state index contributed by atoms with van der Waals surface area (Å²) in [4.78, 5) is 42.9. The lowest BCUT2D eigenvalue weighted by molar-refractivity contribution is -0.149. The quantitative estimate of drug-likeness (QED) is 0.429. The fourth-order valence-electron chi connectivity index (χ4n) is 7.45. The van der Waals surface area contributed by atoms with Crippen LogP contribution in [0.4, 0.5) is 0 Å². The van der Waals surface area contributed by atoms with Crippen LogP contribution in [0.3, 0.4) is 0 Å². The van der Waals surface area contributed by atoms with Crippen molar-refractivity contribution in [3.8, 4) is 22.6 Å². The Morgan fingerprint density at radius 3 is 2.73 bits per heavy atom. The number of hydrogen-bond donors (Lipinski definition) is 0. The van der Waals surface area contributed by atoms with Gasteiger partial charge in [-0.2, -0.15) is 0 Å². The van der Waals surface area contributed by atoms with Crippen molar-refractivity contribution in [2.24, 2.45) is 11.8 Å². The van der Waals surface area contributed by atoms with Crippen LogP contribution in [0.1, 0.15) is 51.5 Å². The van der Waals surface area contributed by atoms with Gasteiger partial charge in [-0.1, -0.05) is 30.3 Å². The van der Waals surface area contributed by atoms with Crippen LogP contribution in [0.5, 0.6) is 11.5 Å². The monoisotopic (exact) mass is 556 g/mol. The van der Waals surface area contributed by atoms with E-state index < -0.39 is 5.63 Å². The number of aryl methyl sites for hydroxylation is 1. The lowest BCUT2D eigenvalue weighted by atomic mass is 9.76. The van der Waals surface area contributed by atoms with Crippen LogP contribution in [0, 0.1) is 11.8 Å². The molecule has 0 spiro atoms. The number of fused-ring (bicyclic) bond motifs is 7. The summed E-state index contributed by atoms with van der Waals surface area (Å²) in [7, 11) is 0. The summed E-state index contributed by atoms with van der Waals surface area (Å²) >= 11 is 0. The predicted molar refractivity (Wildman–Crippen MR) is 154 cm³/mol. The van der Waals surface area contributed by atoms with E-state index in [2.05, 4.69) is 4.90 Å². The summed E-state index contributed by atoms with van der Waals surface area (Å²) in [5.41, 5.74) is 2.08. The molecule has 5 heterocycles. The molecule has 0 N–H and O–H groups in total. The summed E-state index contributed by atoms with van der Waals surface area (Å²) in [6.07, 6.45) is 5.16. The third-order valence-corrected chi connectivity index (χ3v) is 9.37. The van der Waals surface area contributed by atoms with Crippen molar-refractivity contribution in [3.63, 3.8) is 0 Å². The van der Waals surface area contributed by atoms with E-state index in [0.717, 1.165) is 43.4 Å². The molecule has 3 aromatic rings. The van der Waals surface area contributed by atoms with Crippen LogP contribution in [0.25, 0.3) is 22.1 Å². The third-order valence-electron chi connectivity index (χ3n) is 9.37. The van der Waals surface area contributed by atoms with E-state index in [4.69, 9.17) is 13.9 Å². The second-order valence-corrected chi connectivity index (χ2v) is 12.7. The Labute approximate surface area is 239 Å². The topological polar surface area (TPSA) is 89.3 Å². The standard InChI is InChI=1S/C33H36N2O6/c1-33(2)12-11-23-26(41-33)15-27(31-24(14-30(38)40-32(23)31)21-7-4-3-5-8-21)39-19-29(37)34-16-20-13-22(18-34)25-9-6-10-28(36)35(25)17-20/h3-5,7-8,14-15,20,22,25H,6,9-13,16-19H2,1-2H3/t20-,22+,25?/m1/s1. The van der Waals surface area contributed by atoms with Gasteiger partial charge in [0.05, 0.1) is 5.39 Å². The lowest BCUT2D eigenvalue weighted by Crippen LogP contribution is -2.61. The Hall–Kier alpha value is -3.81. The summed E-state index contributed by atoms with van der Waals surface area (Å²) in [5.74, 6) is 1.91. The molecule has 3 atom stereocenters. The second-order valence-electron chi connectivity index (χ2n) is 12.7. The number of piperidine rings is 3. The minimum Gasteiger partial charge on any atom is -0.487 e. The molecular weight excluding hydrogens is 520 g/mol. The molecule has 4 aliphatic rings. The van der Waals surface area contributed by atoms with Gasteiger partial charge in [-0.25, -0.2) is 4.79 Å². The summed E-state index contributed by atoms with van der Waals surface area (Å²) in [5, 5.41) is 0.678. The molecule has 4 aliphatic heterocycles. The average Bonchev–Trinajstić information content (AvgIpc) is 2.95. The number of nitrogens with zero attached hydrogens (tertiary/aromatic N) is 2. The van der Waals surface area contributed by atoms with E-state index >= 15 is 0 Å². The Bertz CT molecular complexity index is 1580. The molecule has 7 rings (SSSR count). The SMILES string of the molecule is CC1(C)CCc2c(cc(OCC(=O)N3C[C@H]4C[C@@H](C3)C3CCCC(=O)N3C4)c3c(-c4ccccc4)cc(=O)oc23)O1. The highest BCUT2D eigenvalue weighted by atomic mass is 16.5. The van der Waals surface area contributed by atoms with Gasteiger partial charge in [0.25, 0.3) is 5.91 Å². The number of benzene rings is 2. The highest BCUT2D eigenvalue weighted by Gasteiger charge is 2.45. The molecular formula is C33H36N2O6. The number of carbonyl (C=O) groups is 2. The Morgan fingerprint density at radius 1 is 1.07 bits per heavy atom. The van der Waals surface area contributed by atoms with E-state index in [1.807, 2.05) is 55.1 Å². The Morgan fingerprint density at radius 2 is 1.90 bits per heavy atom. The van der Waals surface area contributed by atoms with E-state index in [-0.39, 0.29) is 30.1 Å². The highest BCUT2D eigenvalue weighted by molar-refractivity contribution is 6.00. The van der Waals surface area contributed by atoms with E-state index in [9.17, 15) is 14.4 Å². The zero-order valence-corrected chi connectivity index (χ0v) is 23.7. The number of ether oxygens (including phenoxy) is 2. The molecule has 214 valence electrons. The van der Waals surface area contributed by atoms with E-state index in [1.165, 1.54) is 6.07 Å². The number of hydrogen-bond acceptors (Lipinski definition) is 6. The minimum atomic E-state index is -0.438. The second kappa shape index (κ2) is 9.93. The maximum Gasteiger partial charge on any atom is 0.336 e. The van der Waals surface area contributed by atoms with Gasteiger partial charge < -0.3 is 23.7 Å². The summed E-state index contributed by atoms with van der Waals surface area (Å²) in [6.45, 7) is 5.98. The normalized spacial score (nSPS) is 24.8. The van der Waals surface area contributed by atoms with Gasteiger partial charge in [-0.15, -0.1) is 0 Å². The zero-order chi connectivity index (χ0) is 28.3. The first kappa shape index (κ1) is 26.1. The highest BCUT2D eigenvalue weighted by Crippen LogP contribution is 2.45. The van der Waals surface area contributed by atoms with Crippen molar-refractivity contribution in [3.05, 3.63) is 58.4 Å². The van der Waals surface area contributed by atoms with Gasteiger partial charge in [-0.3, -0.25) is 9.59 Å². The minimum absolute atomic E-state index is 0.0685. The summed E-state index contributed by atoms with van der Waals surface area (Å²) in [6, 6.07) is 13.3. The van der Waals surface area contributed by atoms with Crippen molar-refractivity contribution in [1.82, 2.24) is 9.80 Å². The molecule has 8 nitrogen and oxygen atoms in total. The molecule has 2 bridgehead atoms. The van der Waals surface area contributed by atoms with Crippen molar-refractivity contribution in [1.29, 1.82) is 0 Å². The van der Waals surface area contributed by atoms with Gasteiger partial charge >= 0.3 is 5.63 Å². The van der Waals surface area contributed by atoms with Crippen LogP contribution >= 0.6 is 0 Å². The van der Waals surface area contributed by atoms with Crippen molar-refractivity contribution in [2.75, 3.05) is 26.2 Å². The summed E-state index contributed by atoms with van der Waals surface area (Å²) < 4.78 is 18.5. The first-order valence-corrected chi connectivity index (χ1v) is 14.8. The Balaban J connectivity index is 1.21. The molecule has 2 aromatic carbocycles. The smallest absolute Gasteiger partial charge is 0.336 e. The van der Waals surface area contributed by atoms with E-state index in [1.54, 1.807) is 0 Å². The molecule has 3 saturated heterocycles. The molecule has 0 aliphatic carbocycles. The van der Waals surface area contributed by atoms with Crippen molar-refractivity contribution < 1.29 is 23.5 Å². The average molecular weight is 557 g/mol. The molecule has 0 radical (unpaired) electrons. The first-order chi connectivity index (χ1) is 19.8. The molecule has 1 aromatic heterocycles. The van der Waals surface area contributed by atoms with Crippen molar-refractivity contribution >= 4 is 22.8 Å². The molecule has 8 heteroatoms. The van der Waals surface area contributed by atoms with E-state index in [0.29, 0.717) is 65.8 Å².